The highest BCUT2D eigenvalue weighted by molar-refractivity contribution is 8.00. The SMILES string of the molecule is Cc1ccc(-n2nc(C(C)(C)C)c3c2N(CC(=O)NCc2cccnc2)C(=O)CS[C@H]3c2cccc(C)c2)cc1. The summed E-state index contributed by atoms with van der Waals surface area (Å²) >= 11 is 1.59. The molecule has 0 aliphatic carbocycles. The van der Waals surface area contributed by atoms with Gasteiger partial charge in [-0.05, 0) is 43.2 Å². The van der Waals surface area contributed by atoms with Crippen LogP contribution in [-0.4, -0.2) is 38.9 Å². The van der Waals surface area contributed by atoms with Gasteiger partial charge in [-0.15, -0.1) is 11.8 Å². The number of benzene rings is 2. The monoisotopic (exact) mass is 553 g/mol. The Balaban J connectivity index is 1.65. The molecule has 8 heteroatoms. The molecule has 1 aliphatic rings. The summed E-state index contributed by atoms with van der Waals surface area (Å²) in [4.78, 5) is 32.8. The Kier molecular flexibility index (Phi) is 7.81. The molecule has 0 radical (unpaired) electrons. The van der Waals surface area contributed by atoms with Crippen molar-refractivity contribution in [3.63, 3.8) is 0 Å². The van der Waals surface area contributed by atoms with Gasteiger partial charge < -0.3 is 5.32 Å². The van der Waals surface area contributed by atoms with E-state index in [0.29, 0.717) is 12.4 Å². The lowest BCUT2D eigenvalue weighted by atomic mass is 9.87. The van der Waals surface area contributed by atoms with Crippen molar-refractivity contribution in [2.75, 3.05) is 17.2 Å². The summed E-state index contributed by atoms with van der Waals surface area (Å²) < 4.78 is 1.86. The summed E-state index contributed by atoms with van der Waals surface area (Å²) in [6.07, 6.45) is 3.42. The maximum absolute atomic E-state index is 13.8. The molecule has 0 saturated carbocycles. The summed E-state index contributed by atoms with van der Waals surface area (Å²) in [5.74, 6) is 0.551. The van der Waals surface area contributed by atoms with Crippen LogP contribution >= 0.6 is 11.8 Å². The lowest BCUT2D eigenvalue weighted by molar-refractivity contribution is -0.123. The quantitative estimate of drug-likeness (QED) is 0.333. The lowest BCUT2D eigenvalue weighted by Gasteiger charge is -2.24. The number of aryl methyl sites for hydroxylation is 2. The van der Waals surface area contributed by atoms with Crippen LogP contribution in [0.25, 0.3) is 5.69 Å². The Morgan fingerprint density at radius 3 is 2.50 bits per heavy atom. The lowest BCUT2D eigenvalue weighted by Crippen LogP contribution is -2.42. The fourth-order valence-electron chi connectivity index (χ4n) is 4.94. The number of hydrogen-bond donors (Lipinski definition) is 1. The van der Waals surface area contributed by atoms with E-state index < -0.39 is 0 Å². The molecule has 1 aliphatic heterocycles. The van der Waals surface area contributed by atoms with Crippen molar-refractivity contribution < 1.29 is 9.59 Å². The van der Waals surface area contributed by atoms with Gasteiger partial charge in [-0.3, -0.25) is 19.5 Å². The molecule has 0 bridgehead atoms. The Morgan fingerprint density at radius 2 is 1.82 bits per heavy atom. The predicted molar refractivity (Wildman–Crippen MR) is 161 cm³/mol. The van der Waals surface area contributed by atoms with Gasteiger partial charge in [-0.25, -0.2) is 4.68 Å². The summed E-state index contributed by atoms with van der Waals surface area (Å²) in [6.45, 7) is 10.8. The zero-order valence-electron chi connectivity index (χ0n) is 23.6. The number of thioether (sulfide) groups is 1. The summed E-state index contributed by atoms with van der Waals surface area (Å²) in [6, 6.07) is 20.3. The van der Waals surface area contributed by atoms with Crippen molar-refractivity contribution >= 4 is 29.4 Å². The van der Waals surface area contributed by atoms with Gasteiger partial charge in [-0.2, -0.15) is 5.10 Å². The summed E-state index contributed by atoms with van der Waals surface area (Å²) in [7, 11) is 0. The van der Waals surface area contributed by atoms with E-state index in [1.165, 1.54) is 0 Å². The normalized spacial score (nSPS) is 15.5. The summed E-state index contributed by atoms with van der Waals surface area (Å²) in [5.41, 5.74) is 6.75. The average Bonchev–Trinajstić information content (AvgIpc) is 3.26. The molecule has 2 aromatic heterocycles. The van der Waals surface area contributed by atoms with Crippen LogP contribution in [0.2, 0.25) is 0 Å². The number of nitrogens with one attached hydrogen (secondary N) is 1. The van der Waals surface area contributed by atoms with E-state index in [1.807, 2.05) is 48.0 Å². The van der Waals surface area contributed by atoms with Gasteiger partial charge in [0.1, 0.15) is 12.4 Å². The number of carbonyl (C=O) groups is 2. The standard InChI is InChI=1S/C32H35N5O2S/c1-21-11-13-25(14-12-21)37-31-28(30(35-37)32(3,4)5)29(24-10-6-8-22(2)16-24)40-20-27(39)36(31)19-26(38)34-18-23-9-7-15-33-17-23/h6-17,29H,18-20H2,1-5H3,(H,34,38)/t29-/m0/s1. The van der Waals surface area contributed by atoms with E-state index in [1.54, 1.807) is 29.1 Å². The molecule has 40 heavy (non-hydrogen) atoms. The molecular formula is C32H35N5O2S. The van der Waals surface area contributed by atoms with E-state index in [-0.39, 0.29) is 34.8 Å². The number of anilines is 1. The second-order valence-corrected chi connectivity index (χ2v) is 12.4. The van der Waals surface area contributed by atoms with Crippen LogP contribution in [0.4, 0.5) is 5.82 Å². The highest BCUT2D eigenvalue weighted by atomic mass is 32.2. The van der Waals surface area contributed by atoms with Crippen molar-refractivity contribution in [1.82, 2.24) is 20.1 Å². The zero-order valence-corrected chi connectivity index (χ0v) is 24.5. The smallest absolute Gasteiger partial charge is 0.240 e. The molecule has 3 heterocycles. The van der Waals surface area contributed by atoms with Crippen molar-refractivity contribution in [2.45, 2.75) is 51.8 Å². The molecule has 2 aromatic carbocycles. The number of carbonyl (C=O) groups excluding carboxylic acids is 2. The van der Waals surface area contributed by atoms with Gasteiger partial charge >= 0.3 is 0 Å². The molecule has 7 nitrogen and oxygen atoms in total. The Bertz CT molecular complexity index is 1520. The molecular weight excluding hydrogens is 518 g/mol. The molecule has 0 fully saturated rings. The highest BCUT2D eigenvalue weighted by Crippen LogP contribution is 2.48. The number of fused-ring (bicyclic) bond motifs is 1. The van der Waals surface area contributed by atoms with Crippen molar-refractivity contribution in [1.29, 1.82) is 0 Å². The van der Waals surface area contributed by atoms with Crippen molar-refractivity contribution in [3.8, 4) is 5.69 Å². The van der Waals surface area contributed by atoms with Gasteiger partial charge in [0.05, 0.1) is 22.4 Å². The van der Waals surface area contributed by atoms with Crippen molar-refractivity contribution in [3.05, 3.63) is 107 Å². The second-order valence-electron chi connectivity index (χ2n) is 11.3. The highest BCUT2D eigenvalue weighted by Gasteiger charge is 2.39. The van der Waals surface area contributed by atoms with Crippen LogP contribution in [0.15, 0.2) is 73.1 Å². The van der Waals surface area contributed by atoms with Crippen LogP contribution in [0.1, 0.15) is 59.5 Å². The molecule has 0 saturated heterocycles. The maximum atomic E-state index is 13.8. The first-order chi connectivity index (χ1) is 19.1. The largest absolute Gasteiger partial charge is 0.350 e. The van der Waals surface area contributed by atoms with Gasteiger partial charge in [-0.1, -0.05) is 74.4 Å². The summed E-state index contributed by atoms with van der Waals surface area (Å²) in [5, 5.41) is 8.01. The molecule has 0 spiro atoms. The zero-order chi connectivity index (χ0) is 28.4. The van der Waals surface area contributed by atoms with E-state index in [0.717, 1.165) is 39.2 Å². The molecule has 1 N–H and O–H groups in total. The first-order valence-corrected chi connectivity index (χ1v) is 14.5. The van der Waals surface area contributed by atoms with Gasteiger partial charge in [0.2, 0.25) is 11.8 Å². The first kappa shape index (κ1) is 27.6. The van der Waals surface area contributed by atoms with Crippen LogP contribution < -0.4 is 10.2 Å². The van der Waals surface area contributed by atoms with Crippen LogP contribution in [-0.2, 0) is 21.5 Å². The molecule has 206 valence electrons. The Labute approximate surface area is 240 Å². The van der Waals surface area contributed by atoms with Crippen LogP contribution in [0.3, 0.4) is 0 Å². The van der Waals surface area contributed by atoms with Gasteiger partial charge in [0.25, 0.3) is 0 Å². The first-order valence-electron chi connectivity index (χ1n) is 13.5. The van der Waals surface area contributed by atoms with Crippen LogP contribution in [0, 0.1) is 13.8 Å². The minimum absolute atomic E-state index is 0.103. The van der Waals surface area contributed by atoms with Gasteiger partial charge in [0, 0.05) is 29.9 Å². The molecule has 1 atom stereocenters. The molecule has 2 amide bonds. The fraction of sp³-hybridized carbons (Fsp3) is 0.312. The van der Waals surface area contributed by atoms with E-state index in [2.05, 4.69) is 62.3 Å². The van der Waals surface area contributed by atoms with E-state index >= 15 is 0 Å². The topological polar surface area (TPSA) is 80.1 Å². The molecule has 0 unspecified atom stereocenters. The number of rotatable bonds is 6. The second kappa shape index (κ2) is 11.3. The average molecular weight is 554 g/mol. The van der Waals surface area contributed by atoms with Gasteiger partial charge in [0.15, 0.2) is 0 Å². The van der Waals surface area contributed by atoms with Crippen molar-refractivity contribution in [2.24, 2.45) is 0 Å². The number of pyridine rings is 1. The number of nitrogens with zero attached hydrogens (tertiary/aromatic N) is 4. The van der Waals surface area contributed by atoms with Crippen LogP contribution in [0.5, 0.6) is 0 Å². The Hall–Kier alpha value is -3.91. The minimum Gasteiger partial charge on any atom is -0.350 e. The number of amides is 2. The predicted octanol–water partition coefficient (Wildman–Crippen LogP) is 5.67. The third-order valence-electron chi connectivity index (χ3n) is 6.94. The number of aromatic nitrogens is 3. The third-order valence-corrected chi connectivity index (χ3v) is 8.19. The van der Waals surface area contributed by atoms with E-state index in [4.69, 9.17) is 5.10 Å². The number of hydrogen-bond acceptors (Lipinski definition) is 5. The third kappa shape index (κ3) is 5.82. The Morgan fingerprint density at radius 1 is 1.05 bits per heavy atom. The molecule has 5 rings (SSSR count). The minimum atomic E-state index is -0.301. The van der Waals surface area contributed by atoms with E-state index in [9.17, 15) is 9.59 Å². The fourth-order valence-corrected chi connectivity index (χ4v) is 6.13. The molecule has 4 aromatic rings. The maximum Gasteiger partial charge on any atom is 0.240 e.